The molecule has 0 saturated carbocycles. The van der Waals surface area contributed by atoms with Gasteiger partial charge in [0, 0.05) is 40.3 Å². The first kappa shape index (κ1) is 32.3. The van der Waals surface area contributed by atoms with Crippen molar-refractivity contribution in [2.24, 2.45) is 0 Å². The molecule has 0 aliphatic rings. The third kappa shape index (κ3) is 11.7. The first-order chi connectivity index (χ1) is 12.8. The fourth-order valence-corrected chi connectivity index (χ4v) is 5.26. The Morgan fingerprint density at radius 2 is 1.23 bits per heavy atom. The molecule has 0 bridgehead atoms. The van der Waals surface area contributed by atoms with E-state index in [0.717, 1.165) is 19.5 Å². The molecule has 0 aliphatic carbocycles. The maximum absolute atomic E-state index is 12.1. The quantitative estimate of drug-likeness (QED) is 0.340. The minimum absolute atomic E-state index is 0. The van der Waals surface area contributed by atoms with Crippen molar-refractivity contribution in [1.82, 2.24) is 0 Å². The second-order valence-electron chi connectivity index (χ2n) is 8.09. The van der Waals surface area contributed by atoms with Gasteiger partial charge in [-0.1, -0.05) is 90.7 Å². The molecule has 2 aromatic carbocycles. The number of benzene rings is 2. The van der Waals surface area contributed by atoms with Gasteiger partial charge < -0.3 is 0 Å². The van der Waals surface area contributed by atoms with Crippen LogP contribution in [0.5, 0.6) is 0 Å². The lowest BCUT2D eigenvalue weighted by molar-refractivity contribution is 0.642. The summed E-state index contributed by atoms with van der Waals surface area (Å²) in [5, 5.41) is 1.51. The lowest BCUT2D eigenvalue weighted by Crippen LogP contribution is -2.26. The summed E-state index contributed by atoms with van der Waals surface area (Å²) in [6.07, 6.45) is 0. The molecule has 0 N–H and O–H groups in total. The molecule has 0 unspecified atom stereocenters. The fourth-order valence-electron chi connectivity index (χ4n) is 2.34. The highest BCUT2D eigenvalue weighted by atomic mass is 79.9. The Kier molecular flexibility index (Phi) is 15.4. The zero-order valence-electron chi connectivity index (χ0n) is 17.2. The van der Waals surface area contributed by atoms with Gasteiger partial charge in [0.2, 0.25) is 0 Å². The SMILES string of the molecule is C.C.CC(C)c1cc(Cl)cc(Br)c1.C[C@H](C[S@](=O)C(C)(C)C)c1cc(Cl)cc(Br)c1. The van der Waals surface area contributed by atoms with Crippen molar-refractivity contribution in [3.63, 3.8) is 0 Å². The first-order valence-corrected chi connectivity index (χ1v) is 12.8. The Bertz CT molecular complexity index is 777. The second-order valence-corrected chi connectivity index (χ2v) is 13.0. The normalized spacial score (nSPS) is 12.8. The van der Waals surface area contributed by atoms with E-state index in [1.165, 1.54) is 5.56 Å². The Balaban J connectivity index is 0. The van der Waals surface area contributed by atoms with Crippen LogP contribution < -0.4 is 0 Å². The van der Waals surface area contributed by atoms with Crippen molar-refractivity contribution in [2.45, 2.75) is 73.0 Å². The van der Waals surface area contributed by atoms with Crippen LogP contribution >= 0.6 is 55.1 Å². The summed E-state index contributed by atoms with van der Waals surface area (Å²) in [6.45, 7) is 12.4. The lowest BCUT2D eigenvalue weighted by Gasteiger charge is -2.21. The van der Waals surface area contributed by atoms with Crippen LogP contribution in [0.1, 0.15) is 79.4 Å². The summed E-state index contributed by atoms with van der Waals surface area (Å²) < 4.78 is 13.9. The topological polar surface area (TPSA) is 17.1 Å². The van der Waals surface area contributed by atoms with Gasteiger partial charge in [0.25, 0.3) is 0 Å². The number of halogens is 4. The van der Waals surface area contributed by atoms with Crippen molar-refractivity contribution >= 4 is 65.9 Å². The zero-order valence-corrected chi connectivity index (χ0v) is 22.7. The standard InChI is InChI=1S/C13H18BrClOS.C9H10BrCl.2CH4/c1-9(8-17(16)13(2,3)4)10-5-11(14)7-12(15)6-10;1-6(2)7-3-8(10)5-9(11)4-7;;/h5-7,9H,8H2,1-4H3;3-6H,1-2H3;2*1H4/t9-,17+;;;/m1.../s1. The van der Waals surface area contributed by atoms with Crippen LogP contribution in [0.15, 0.2) is 45.3 Å². The van der Waals surface area contributed by atoms with E-state index in [0.29, 0.717) is 16.7 Å². The minimum atomic E-state index is -0.840. The highest BCUT2D eigenvalue weighted by Crippen LogP contribution is 2.27. The smallest absolute Gasteiger partial charge is 0.0420 e. The predicted molar refractivity (Wildman–Crippen MR) is 147 cm³/mol. The van der Waals surface area contributed by atoms with Crippen LogP contribution in [0.2, 0.25) is 10.0 Å². The molecule has 0 aromatic heterocycles. The summed E-state index contributed by atoms with van der Waals surface area (Å²) in [5.74, 6) is 1.44. The fraction of sp³-hybridized carbons (Fsp3) is 0.500. The molecule has 0 radical (unpaired) electrons. The molecule has 0 aliphatic heterocycles. The molecule has 172 valence electrons. The van der Waals surface area contributed by atoms with Crippen molar-refractivity contribution in [3.05, 3.63) is 66.5 Å². The van der Waals surface area contributed by atoms with Gasteiger partial charge in [-0.3, -0.25) is 4.21 Å². The Hall–Kier alpha value is 0.130. The predicted octanol–water partition coefficient (Wildman–Crippen LogP) is 10.3. The summed E-state index contributed by atoms with van der Waals surface area (Å²) in [4.78, 5) is 0. The molecule has 2 aromatic rings. The molecular formula is C24H36Br2Cl2OS. The highest BCUT2D eigenvalue weighted by molar-refractivity contribution is 9.10. The molecule has 1 nitrogen and oxygen atoms in total. The number of rotatable bonds is 4. The average Bonchev–Trinajstić information content (AvgIpc) is 2.52. The van der Waals surface area contributed by atoms with Gasteiger partial charge in [-0.25, -0.2) is 0 Å². The van der Waals surface area contributed by atoms with E-state index in [2.05, 4.69) is 58.7 Å². The molecule has 0 fully saturated rings. The first-order valence-electron chi connectivity index (χ1n) is 9.10. The van der Waals surface area contributed by atoms with Crippen molar-refractivity contribution in [2.75, 3.05) is 5.75 Å². The summed E-state index contributed by atoms with van der Waals surface area (Å²) in [5.41, 5.74) is 2.39. The summed E-state index contributed by atoms with van der Waals surface area (Å²) in [6, 6.07) is 11.8. The third-order valence-corrected chi connectivity index (χ3v) is 7.61. The van der Waals surface area contributed by atoms with E-state index in [4.69, 9.17) is 23.2 Å². The van der Waals surface area contributed by atoms with Gasteiger partial charge >= 0.3 is 0 Å². The minimum Gasteiger partial charge on any atom is -0.259 e. The van der Waals surface area contributed by atoms with Crippen LogP contribution in [-0.2, 0) is 10.8 Å². The van der Waals surface area contributed by atoms with E-state index in [1.807, 2.05) is 51.1 Å². The molecule has 6 heteroatoms. The zero-order chi connectivity index (χ0) is 21.6. The Morgan fingerprint density at radius 3 is 1.60 bits per heavy atom. The second kappa shape index (κ2) is 14.3. The summed E-state index contributed by atoms with van der Waals surface area (Å²) >= 11 is 18.7. The molecule has 2 rings (SSSR count). The van der Waals surface area contributed by atoms with Crippen LogP contribution in [0, 0.1) is 0 Å². The molecule has 0 saturated heterocycles. The Morgan fingerprint density at radius 1 is 0.833 bits per heavy atom. The van der Waals surface area contributed by atoms with Gasteiger partial charge in [0.15, 0.2) is 0 Å². The van der Waals surface area contributed by atoms with Crippen molar-refractivity contribution < 1.29 is 4.21 Å². The largest absolute Gasteiger partial charge is 0.259 e. The van der Waals surface area contributed by atoms with Gasteiger partial charge in [-0.2, -0.15) is 0 Å². The molecule has 0 spiro atoms. The third-order valence-electron chi connectivity index (χ3n) is 4.09. The highest BCUT2D eigenvalue weighted by Gasteiger charge is 2.22. The number of hydrogen-bond acceptors (Lipinski definition) is 1. The van der Waals surface area contributed by atoms with Crippen LogP contribution in [0.25, 0.3) is 0 Å². The molecule has 2 atom stereocenters. The monoisotopic (exact) mass is 600 g/mol. The van der Waals surface area contributed by atoms with Gasteiger partial charge in [-0.15, -0.1) is 0 Å². The van der Waals surface area contributed by atoms with E-state index < -0.39 is 10.8 Å². The van der Waals surface area contributed by atoms with Crippen LogP contribution in [0.3, 0.4) is 0 Å². The molecular weight excluding hydrogens is 567 g/mol. The molecule has 30 heavy (non-hydrogen) atoms. The maximum Gasteiger partial charge on any atom is 0.0420 e. The van der Waals surface area contributed by atoms with Gasteiger partial charge in [0.1, 0.15) is 0 Å². The average molecular weight is 603 g/mol. The van der Waals surface area contributed by atoms with Crippen molar-refractivity contribution in [1.29, 1.82) is 0 Å². The van der Waals surface area contributed by atoms with Gasteiger partial charge in [0.05, 0.1) is 0 Å². The van der Waals surface area contributed by atoms with Crippen LogP contribution in [-0.4, -0.2) is 14.7 Å². The Labute approximate surface area is 214 Å². The van der Waals surface area contributed by atoms with E-state index >= 15 is 0 Å². The molecule has 0 amide bonds. The van der Waals surface area contributed by atoms with E-state index in [-0.39, 0.29) is 25.5 Å². The van der Waals surface area contributed by atoms with Gasteiger partial charge in [-0.05, 0) is 80.1 Å². The van der Waals surface area contributed by atoms with Crippen molar-refractivity contribution in [3.8, 4) is 0 Å². The summed E-state index contributed by atoms with van der Waals surface area (Å²) in [7, 11) is -0.840. The molecule has 0 heterocycles. The van der Waals surface area contributed by atoms with Crippen LogP contribution in [0.4, 0.5) is 0 Å². The maximum atomic E-state index is 12.1. The van der Waals surface area contributed by atoms with E-state index in [9.17, 15) is 4.21 Å². The lowest BCUT2D eigenvalue weighted by atomic mass is 10.0. The van der Waals surface area contributed by atoms with E-state index in [1.54, 1.807) is 0 Å². The number of hydrogen-bond donors (Lipinski definition) is 0.